The molecule has 0 atom stereocenters. The fourth-order valence-corrected chi connectivity index (χ4v) is 3.11. The van der Waals surface area contributed by atoms with Gasteiger partial charge >= 0.3 is 0 Å². The minimum Gasteiger partial charge on any atom is -0.398 e. The lowest BCUT2D eigenvalue weighted by Gasteiger charge is -2.04. The van der Waals surface area contributed by atoms with E-state index in [-0.39, 0.29) is 5.78 Å². The molecule has 2 aromatic carbocycles. The minimum atomic E-state index is 0.0188. The van der Waals surface area contributed by atoms with Gasteiger partial charge in [0, 0.05) is 11.3 Å². The zero-order valence-electron chi connectivity index (χ0n) is 11.1. The zero-order valence-corrected chi connectivity index (χ0v) is 11.9. The normalized spacial score (nSPS) is 10.8. The van der Waals surface area contributed by atoms with Crippen LogP contribution in [0.2, 0.25) is 0 Å². The summed E-state index contributed by atoms with van der Waals surface area (Å²) in [6, 6.07) is 13.4. The average molecular weight is 282 g/mol. The highest BCUT2D eigenvalue weighted by Gasteiger charge is 2.13. The van der Waals surface area contributed by atoms with Crippen molar-refractivity contribution in [3.63, 3.8) is 0 Å². The number of nitrogens with two attached hydrogens (primary N) is 1. The summed E-state index contributed by atoms with van der Waals surface area (Å²) in [7, 11) is 0. The lowest BCUT2D eigenvalue weighted by molar-refractivity contribution is 0.0994. The van der Waals surface area contributed by atoms with E-state index in [0.717, 1.165) is 20.8 Å². The zero-order chi connectivity index (χ0) is 14.1. The molecule has 0 spiro atoms. The molecule has 4 heteroatoms. The van der Waals surface area contributed by atoms with E-state index in [4.69, 9.17) is 5.73 Å². The molecule has 1 heterocycles. The summed E-state index contributed by atoms with van der Waals surface area (Å²) >= 11 is 1.56. The first-order chi connectivity index (χ1) is 9.63. The number of rotatable bonds is 3. The predicted molar refractivity (Wildman–Crippen MR) is 83.2 cm³/mol. The molecule has 0 aliphatic rings. The maximum atomic E-state index is 12.4. The second kappa shape index (κ2) is 5.06. The van der Waals surface area contributed by atoms with Gasteiger partial charge in [0.05, 0.1) is 16.6 Å². The maximum absolute atomic E-state index is 12.4. The number of hydrogen-bond donors (Lipinski definition) is 1. The van der Waals surface area contributed by atoms with Crippen molar-refractivity contribution in [1.29, 1.82) is 0 Å². The first-order valence-corrected chi connectivity index (χ1v) is 7.19. The molecule has 3 rings (SSSR count). The highest BCUT2D eigenvalue weighted by atomic mass is 32.1. The molecule has 3 aromatic rings. The average Bonchev–Trinajstić information content (AvgIpc) is 2.83. The van der Waals surface area contributed by atoms with Gasteiger partial charge in [-0.05, 0) is 31.2 Å². The number of aryl methyl sites for hydroxylation is 1. The third-order valence-electron chi connectivity index (χ3n) is 3.16. The molecule has 0 amide bonds. The first-order valence-electron chi connectivity index (χ1n) is 6.37. The number of para-hydroxylation sites is 1. The largest absolute Gasteiger partial charge is 0.398 e. The van der Waals surface area contributed by atoms with E-state index in [1.165, 1.54) is 0 Å². The van der Waals surface area contributed by atoms with Crippen LogP contribution in [0.25, 0.3) is 10.2 Å². The van der Waals surface area contributed by atoms with E-state index in [0.29, 0.717) is 17.7 Å². The Hall–Kier alpha value is -2.20. The molecule has 3 nitrogen and oxygen atoms in total. The van der Waals surface area contributed by atoms with Crippen LogP contribution in [0.15, 0.2) is 42.5 Å². The van der Waals surface area contributed by atoms with Crippen LogP contribution in [0.1, 0.15) is 20.9 Å². The summed E-state index contributed by atoms with van der Waals surface area (Å²) in [4.78, 5) is 16.8. The molecule has 0 saturated heterocycles. The number of anilines is 1. The number of ketones is 1. The van der Waals surface area contributed by atoms with Crippen LogP contribution < -0.4 is 5.73 Å². The van der Waals surface area contributed by atoms with Crippen molar-refractivity contribution >= 4 is 33.0 Å². The summed E-state index contributed by atoms with van der Waals surface area (Å²) in [5, 5.41) is 0.831. The molecule has 100 valence electrons. The number of nitrogens with zero attached hydrogens (tertiary/aromatic N) is 1. The lowest BCUT2D eigenvalue weighted by atomic mass is 10.0. The number of nitrogen functional groups attached to an aromatic ring is 1. The second-order valence-corrected chi connectivity index (χ2v) is 5.88. The van der Waals surface area contributed by atoms with E-state index in [9.17, 15) is 4.79 Å². The number of carbonyl (C=O) groups is 1. The summed E-state index contributed by atoms with van der Waals surface area (Å²) in [5.74, 6) is 0.0188. The second-order valence-electron chi connectivity index (χ2n) is 4.77. The summed E-state index contributed by atoms with van der Waals surface area (Å²) in [6.07, 6.45) is 0.299. The summed E-state index contributed by atoms with van der Waals surface area (Å²) < 4.78 is 1.10. The van der Waals surface area contributed by atoms with Gasteiger partial charge in [-0.15, -0.1) is 11.3 Å². The third kappa shape index (κ3) is 2.42. The van der Waals surface area contributed by atoms with E-state index < -0.39 is 0 Å². The van der Waals surface area contributed by atoms with E-state index >= 15 is 0 Å². The highest BCUT2D eigenvalue weighted by Crippen LogP contribution is 2.24. The Labute approximate surface area is 121 Å². The van der Waals surface area contributed by atoms with Crippen LogP contribution in [0.4, 0.5) is 5.69 Å². The Morgan fingerprint density at radius 3 is 2.85 bits per heavy atom. The van der Waals surface area contributed by atoms with E-state index in [1.54, 1.807) is 17.4 Å². The number of fused-ring (bicyclic) bond motifs is 1. The highest BCUT2D eigenvalue weighted by molar-refractivity contribution is 7.18. The van der Waals surface area contributed by atoms with Gasteiger partial charge in [-0.2, -0.15) is 0 Å². The third-order valence-corrected chi connectivity index (χ3v) is 4.20. The van der Waals surface area contributed by atoms with Crippen LogP contribution in [0.5, 0.6) is 0 Å². The molecule has 0 radical (unpaired) electrons. The van der Waals surface area contributed by atoms with Crippen molar-refractivity contribution in [2.45, 2.75) is 13.3 Å². The summed E-state index contributed by atoms with van der Waals surface area (Å²) in [5.41, 5.74) is 8.97. The van der Waals surface area contributed by atoms with Crippen molar-refractivity contribution in [3.05, 3.63) is 58.6 Å². The number of benzene rings is 2. The minimum absolute atomic E-state index is 0.0188. The van der Waals surface area contributed by atoms with Gasteiger partial charge in [0.25, 0.3) is 0 Å². The predicted octanol–water partition coefficient (Wildman–Crippen LogP) is 3.61. The van der Waals surface area contributed by atoms with Gasteiger partial charge in [0.15, 0.2) is 5.78 Å². The Kier molecular flexibility index (Phi) is 3.24. The Morgan fingerprint density at radius 1 is 1.25 bits per heavy atom. The SMILES string of the molecule is Cc1ccc(N)c(C(=O)Cc2nc3ccccc3s2)c1. The van der Waals surface area contributed by atoms with Gasteiger partial charge < -0.3 is 5.73 Å². The quantitative estimate of drug-likeness (QED) is 0.589. The van der Waals surface area contributed by atoms with Crippen molar-refractivity contribution < 1.29 is 4.79 Å². The Bertz CT molecular complexity index is 759. The Balaban J connectivity index is 1.90. The van der Waals surface area contributed by atoms with Gasteiger partial charge in [0.2, 0.25) is 0 Å². The number of thiazole rings is 1. The number of carbonyl (C=O) groups excluding carboxylic acids is 1. The number of Topliss-reactive ketones (excluding diaryl/α,β-unsaturated/α-hetero) is 1. The molecule has 0 unspecified atom stereocenters. The standard InChI is InChI=1S/C16H14N2OS/c1-10-6-7-12(17)11(8-10)14(19)9-16-18-13-4-2-3-5-15(13)20-16/h2-8H,9,17H2,1H3. The van der Waals surface area contributed by atoms with Crippen molar-refractivity contribution in [2.75, 3.05) is 5.73 Å². The van der Waals surface area contributed by atoms with Crippen molar-refractivity contribution in [2.24, 2.45) is 0 Å². The van der Waals surface area contributed by atoms with Gasteiger partial charge in [-0.1, -0.05) is 23.8 Å². The molecule has 2 N–H and O–H groups in total. The van der Waals surface area contributed by atoms with Gasteiger partial charge in [0.1, 0.15) is 5.01 Å². The molecule has 20 heavy (non-hydrogen) atoms. The van der Waals surface area contributed by atoms with E-state index in [1.807, 2.05) is 43.3 Å². The van der Waals surface area contributed by atoms with Gasteiger partial charge in [-0.3, -0.25) is 4.79 Å². The van der Waals surface area contributed by atoms with E-state index in [2.05, 4.69) is 4.98 Å². The van der Waals surface area contributed by atoms with Gasteiger partial charge in [-0.25, -0.2) is 4.98 Å². The van der Waals surface area contributed by atoms with Crippen molar-refractivity contribution in [3.8, 4) is 0 Å². The topological polar surface area (TPSA) is 56.0 Å². The van der Waals surface area contributed by atoms with Crippen LogP contribution >= 0.6 is 11.3 Å². The van der Waals surface area contributed by atoms with Crippen LogP contribution in [0.3, 0.4) is 0 Å². The molecule has 0 aliphatic carbocycles. The maximum Gasteiger partial charge on any atom is 0.171 e. The monoisotopic (exact) mass is 282 g/mol. The van der Waals surface area contributed by atoms with Crippen LogP contribution in [-0.2, 0) is 6.42 Å². The molecular weight excluding hydrogens is 268 g/mol. The molecule has 0 saturated carbocycles. The fourth-order valence-electron chi connectivity index (χ4n) is 2.14. The number of aromatic nitrogens is 1. The Morgan fingerprint density at radius 2 is 2.05 bits per heavy atom. The van der Waals surface area contributed by atoms with Crippen LogP contribution in [-0.4, -0.2) is 10.8 Å². The molecular formula is C16H14N2OS. The van der Waals surface area contributed by atoms with Crippen LogP contribution in [0, 0.1) is 6.92 Å². The lowest BCUT2D eigenvalue weighted by Crippen LogP contribution is -2.07. The molecule has 0 aliphatic heterocycles. The molecule has 1 aromatic heterocycles. The summed E-state index contributed by atoms with van der Waals surface area (Å²) in [6.45, 7) is 1.95. The first kappa shape index (κ1) is 12.8. The smallest absolute Gasteiger partial charge is 0.171 e. The van der Waals surface area contributed by atoms with Crippen molar-refractivity contribution in [1.82, 2.24) is 4.98 Å². The molecule has 0 fully saturated rings. The fraction of sp³-hybridized carbons (Fsp3) is 0.125. The number of hydrogen-bond acceptors (Lipinski definition) is 4. The molecule has 0 bridgehead atoms.